The Bertz CT molecular complexity index is 708. The second kappa shape index (κ2) is 6.09. The topological polar surface area (TPSA) is 74.4 Å². The molecule has 2 amide bonds. The number of fused-ring (bicyclic) bond motifs is 1. The van der Waals surface area contributed by atoms with Gasteiger partial charge >= 0.3 is 6.09 Å². The minimum Gasteiger partial charge on any atom is -0.449 e. The van der Waals surface area contributed by atoms with Crippen molar-refractivity contribution in [2.45, 2.75) is 13.3 Å². The van der Waals surface area contributed by atoms with Crippen LogP contribution in [0.15, 0.2) is 24.3 Å². The number of cyclic esters (lactones) is 1. The standard InChI is InChI=1S/C16H19N3O3/c1-11-3-4-13-12(9-11)10-14(18-13)15(20)17-5-7-19-6-2-8-22-16(19)21/h3-4,9-10,18H,2,5-8H2,1H3,(H,17,20). The van der Waals surface area contributed by atoms with Gasteiger partial charge in [-0.1, -0.05) is 11.6 Å². The lowest BCUT2D eigenvalue weighted by Gasteiger charge is -2.26. The SMILES string of the molecule is Cc1ccc2[nH]c(C(=O)NCCN3CCCOC3=O)cc2c1. The van der Waals surface area contributed by atoms with E-state index in [0.29, 0.717) is 31.9 Å². The molecule has 2 N–H and O–H groups in total. The molecular weight excluding hydrogens is 282 g/mol. The molecule has 0 bridgehead atoms. The summed E-state index contributed by atoms with van der Waals surface area (Å²) in [5.41, 5.74) is 2.62. The first-order valence-corrected chi connectivity index (χ1v) is 7.43. The van der Waals surface area contributed by atoms with E-state index in [1.54, 1.807) is 4.90 Å². The number of aromatic amines is 1. The number of nitrogens with zero attached hydrogens (tertiary/aromatic N) is 1. The fourth-order valence-corrected chi connectivity index (χ4v) is 2.57. The maximum atomic E-state index is 12.1. The number of amides is 2. The van der Waals surface area contributed by atoms with E-state index in [4.69, 9.17) is 4.74 Å². The maximum Gasteiger partial charge on any atom is 0.409 e. The number of carbonyl (C=O) groups is 2. The Morgan fingerprint density at radius 1 is 1.41 bits per heavy atom. The van der Waals surface area contributed by atoms with E-state index >= 15 is 0 Å². The van der Waals surface area contributed by atoms with Gasteiger partial charge in [-0.15, -0.1) is 0 Å². The van der Waals surface area contributed by atoms with Gasteiger partial charge in [0.15, 0.2) is 0 Å². The minimum atomic E-state index is -0.304. The number of rotatable bonds is 4. The molecule has 1 saturated heterocycles. The average Bonchev–Trinajstić information content (AvgIpc) is 2.92. The Labute approximate surface area is 128 Å². The van der Waals surface area contributed by atoms with E-state index in [1.807, 2.05) is 31.2 Å². The van der Waals surface area contributed by atoms with Gasteiger partial charge in [0, 0.05) is 30.5 Å². The summed E-state index contributed by atoms with van der Waals surface area (Å²) in [7, 11) is 0. The Morgan fingerprint density at radius 3 is 3.09 bits per heavy atom. The summed E-state index contributed by atoms with van der Waals surface area (Å²) < 4.78 is 4.95. The Hall–Kier alpha value is -2.50. The summed E-state index contributed by atoms with van der Waals surface area (Å²) in [5, 5.41) is 3.84. The number of H-pyrrole nitrogens is 1. The van der Waals surface area contributed by atoms with Crippen molar-refractivity contribution in [3.05, 3.63) is 35.5 Å². The van der Waals surface area contributed by atoms with Crippen LogP contribution >= 0.6 is 0 Å². The second-order valence-electron chi connectivity index (χ2n) is 5.48. The van der Waals surface area contributed by atoms with Crippen LogP contribution < -0.4 is 5.32 Å². The fraction of sp³-hybridized carbons (Fsp3) is 0.375. The third-order valence-corrected chi connectivity index (χ3v) is 3.74. The molecule has 0 unspecified atom stereocenters. The molecule has 0 aliphatic carbocycles. The number of benzene rings is 1. The van der Waals surface area contributed by atoms with Crippen molar-refractivity contribution in [3.63, 3.8) is 0 Å². The van der Waals surface area contributed by atoms with Gasteiger partial charge < -0.3 is 19.9 Å². The number of nitrogens with one attached hydrogen (secondary N) is 2. The zero-order valence-corrected chi connectivity index (χ0v) is 12.5. The predicted molar refractivity (Wildman–Crippen MR) is 82.9 cm³/mol. The number of aryl methyl sites for hydroxylation is 1. The first-order chi connectivity index (χ1) is 10.6. The quantitative estimate of drug-likeness (QED) is 0.907. The number of aromatic nitrogens is 1. The molecule has 1 aromatic heterocycles. The molecule has 2 heterocycles. The average molecular weight is 301 g/mol. The van der Waals surface area contributed by atoms with Gasteiger partial charge in [-0.2, -0.15) is 0 Å². The third kappa shape index (κ3) is 3.05. The van der Waals surface area contributed by atoms with Gasteiger partial charge in [0.1, 0.15) is 5.69 Å². The van der Waals surface area contributed by atoms with Gasteiger partial charge in [-0.3, -0.25) is 4.79 Å². The van der Waals surface area contributed by atoms with E-state index in [-0.39, 0.29) is 12.0 Å². The molecule has 3 rings (SSSR count). The van der Waals surface area contributed by atoms with Crippen molar-refractivity contribution in [1.29, 1.82) is 0 Å². The number of hydrogen-bond donors (Lipinski definition) is 2. The van der Waals surface area contributed by atoms with Crippen LogP contribution in [-0.4, -0.2) is 48.1 Å². The van der Waals surface area contributed by atoms with Gasteiger partial charge in [0.2, 0.25) is 0 Å². The molecule has 0 radical (unpaired) electrons. The molecule has 1 fully saturated rings. The van der Waals surface area contributed by atoms with Crippen LogP contribution in [0.25, 0.3) is 10.9 Å². The molecular formula is C16H19N3O3. The summed E-state index contributed by atoms with van der Waals surface area (Å²) >= 11 is 0. The zero-order chi connectivity index (χ0) is 15.5. The molecule has 0 spiro atoms. The predicted octanol–water partition coefficient (Wildman–Crippen LogP) is 2.05. The molecule has 1 aliphatic heterocycles. The molecule has 6 heteroatoms. The molecule has 0 atom stereocenters. The highest BCUT2D eigenvalue weighted by atomic mass is 16.6. The molecule has 1 aromatic carbocycles. The lowest BCUT2D eigenvalue weighted by atomic mass is 10.2. The summed E-state index contributed by atoms with van der Waals surface area (Å²) in [5.74, 6) is -0.167. The lowest BCUT2D eigenvalue weighted by Crippen LogP contribution is -2.42. The van der Waals surface area contributed by atoms with E-state index in [2.05, 4.69) is 10.3 Å². The maximum absolute atomic E-state index is 12.1. The summed E-state index contributed by atoms with van der Waals surface area (Å²) in [6, 6.07) is 7.84. The van der Waals surface area contributed by atoms with Crippen molar-refractivity contribution in [2.24, 2.45) is 0 Å². The third-order valence-electron chi connectivity index (χ3n) is 3.74. The van der Waals surface area contributed by atoms with E-state index in [9.17, 15) is 9.59 Å². The van der Waals surface area contributed by atoms with E-state index in [1.165, 1.54) is 0 Å². The lowest BCUT2D eigenvalue weighted by molar-refractivity contribution is 0.0719. The van der Waals surface area contributed by atoms with Crippen molar-refractivity contribution in [2.75, 3.05) is 26.2 Å². The van der Waals surface area contributed by atoms with Crippen LogP contribution in [-0.2, 0) is 4.74 Å². The molecule has 22 heavy (non-hydrogen) atoms. The highest BCUT2D eigenvalue weighted by molar-refractivity contribution is 5.98. The molecule has 2 aromatic rings. The minimum absolute atomic E-state index is 0.167. The number of ether oxygens (including phenoxy) is 1. The Kier molecular flexibility index (Phi) is 4.00. The monoisotopic (exact) mass is 301 g/mol. The molecule has 1 aliphatic rings. The fourth-order valence-electron chi connectivity index (χ4n) is 2.57. The van der Waals surface area contributed by atoms with Crippen LogP contribution in [0, 0.1) is 6.92 Å². The van der Waals surface area contributed by atoms with Crippen LogP contribution in [0.1, 0.15) is 22.5 Å². The van der Waals surface area contributed by atoms with Crippen molar-refractivity contribution in [3.8, 4) is 0 Å². The van der Waals surface area contributed by atoms with Crippen LogP contribution in [0.3, 0.4) is 0 Å². The van der Waals surface area contributed by atoms with Crippen molar-refractivity contribution < 1.29 is 14.3 Å². The van der Waals surface area contributed by atoms with Crippen LogP contribution in [0.4, 0.5) is 4.79 Å². The van der Waals surface area contributed by atoms with E-state index in [0.717, 1.165) is 22.9 Å². The van der Waals surface area contributed by atoms with Gasteiger partial charge in [0.05, 0.1) is 6.61 Å². The first-order valence-electron chi connectivity index (χ1n) is 7.43. The van der Waals surface area contributed by atoms with Crippen LogP contribution in [0.2, 0.25) is 0 Å². The highest BCUT2D eigenvalue weighted by Crippen LogP contribution is 2.16. The van der Waals surface area contributed by atoms with Gasteiger partial charge in [0.25, 0.3) is 5.91 Å². The molecule has 116 valence electrons. The molecule has 6 nitrogen and oxygen atoms in total. The van der Waals surface area contributed by atoms with Crippen molar-refractivity contribution in [1.82, 2.24) is 15.2 Å². The van der Waals surface area contributed by atoms with Gasteiger partial charge in [-0.25, -0.2) is 4.79 Å². The van der Waals surface area contributed by atoms with Crippen LogP contribution in [0.5, 0.6) is 0 Å². The number of carbonyl (C=O) groups excluding carboxylic acids is 2. The smallest absolute Gasteiger partial charge is 0.409 e. The van der Waals surface area contributed by atoms with Gasteiger partial charge in [-0.05, 0) is 31.5 Å². The summed E-state index contributed by atoms with van der Waals surface area (Å²) in [6.07, 6.45) is 0.530. The van der Waals surface area contributed by atoms with E-state index < -0.39 is 0 Å². The normalized spacial score (nSPS) is 15.0. The Morgan fingerprint density at radius 2 is 2.27 bits per heavy atom. The summed E-state index contributed by atoms with van der Waals surface area (Å²) in [4.78, 5) is 28.3. The largest absolute Gasteiger partial charge is 0.449 e. The van der Waals surface area contributed by atoms with Crippen molar-refractivity contribution >= 4 is 22.9 Å². The summed E-state index contributed by atoms with van der Waals surface area (Å²) in [6.45, 7) is 4.05. The first kappa shape index (κ1) is 14.4. The number of hydrogen-bond acceptors (Lipinski definition) is 3. The molecule has 0 saturated carbocycles. The highest BCUT2D eigenvalue weighted by Gasteiger charge is 2.19. The Balaban J connectivity index is 1.57. The second-order valence-corrected chi connectivity index (χ2v) is 5.48. The zero-order valence-electron chi connectivity index (χ0n) is 12.5.